The summed E-state index contributed by atoms with van der Waals surface area (Å²) in [5.41, 5.74) is -0.638. The van der Waals surface area contributed by atoms with Crippen LogP contribution in [0.3, 0.4) is 0 Å². The first-order chi connectivity index (χ1) is 7.68. The summed E-state index contributed by atoms with van der Waals surface area (Å²) in [6.45, 7) is 0.961. The summed E-state index contributed by atoms with van der Waals surface area (Å²) in [5.74, 6) is -0.0316. The van der Waals surface area contributed by atoms with E-state index in [1.165, 1.54) is 0 Å². The highest BCUT2D eigenvalue weighted by molar-refractivity contribution is 5.75. The van der Waals surface area contributed by atoms with Crippen molar-refractivity contribution in [3.8, 4) is 0 Å². The molecule has 2 N–H and O–H groups in total. The lowest BCUT2D eigenvalue weighted by atomic mass is 9.80. The van der Waals surface area contributed by atoms with Gasteiger partial charge in [-0.2, -0.15) is 5.10 Å². The Kier molecular flexibility index (Phi) is 3.24. The predicted molar refractivity (Wildman–Crippen MR) is 58.7 cm³/mol. The van der Waals surface area contributed by atoms with Gasteiger partial charge in [-0.3, -0.25) is 9.48 Å². The first-order valence-corrected chi connectivity index (χ1v) is 5.64. The second-order valence-corrected chi connectivity index (χ2v) is 4.37. The summed E-state index contributed by atoms with van der Waals surface area (Å²) in [5, 5.41) is 16.5. The third-order valence-corrected chi connectivity index (χ3v) is 3.03. The second-order valence-electron chi connectivity index (χ2n) is 4.37. The predicted octanol–water partition coefficient (Wildman–Crippen LogP) is 0.304. The van der Waals surface area contributed by atoms with Gasteiger partial charge in [-0.15, -0.1) is 0 Å². The fourth-order valence-corrected chi connectivity index (χ4v) is 1.76. The summed E-state index contributed by atoms with van der Waals surface area (Å²) in [4.78, 5) is 11.5. The average molecular weight is 223 g/mol. The first kappa shape index (κ1) is 11.1. The van der Waals surface area contributed by atoms with Crippen LogP contribution >= 0.6 is 0 Å². The fourth-order valence-electron chi connectivity index (χ4n) is 1.76. The van der Waals surface area contributed by atoms with Gasteiger partial charge in [0.05, 0.1) is 5.60 Å². The minimum Gasteiger partial charge on any atom is -0.388 e. The van der Waals surface area contributed by atoms with Gasteiger partial charge in [0.1, 0.15) is 0 Å². The van der Waals surface area contributed by atoms with Crippen LogP contribution < -0.4 is 5.32 Å². The van der Waals surface area contributed by atoms with Crippen molar-refractivity contribution >= 4 is 5.91 Å². The Balaban J connectivity index is 1.65. The van der Waals surface area contributed by atoms with Crippen LogP contribution in [0.1, 0.15) is 25.7 Å². The molecule has 1 fully saturated rings. The van der Waals surface area contributed by atoms with Crippen LogP contribution in [-0.4, -0.2) is 32.9 Å². The second kappa shape index (κ2) is 4.65. The monoisotopic (exact) mass is 223 g/mol. The largest absolute Gasteiger partial charge is 0.388 e. The zero-order chi connectivity index (χ0) is 11.4. The number of carbonyl (C=O) groups is 1. The Morgan fingerprint density at radius 3 is 2.94 bits per heavy atom. The SMILES string of the molecule is O=C(CCn1cccn1)NCC1(O)CCC1. The van der Waals surface area contributed by atoms with Gasteiger partial charge >= 0.3 is 0 Å². The molecule has 5 nitrogen and oxygen atoms in total. The number of nitrogens with zero attached hydrogens (tertiary/aromatic N) is 2. The molecule has 1 aromatic rings. The number of nitrogens with one attached hydrogen (secondary N) is 1. The van der Waals surface area contributed by atoms with Crippen molar-refractivity contribution < 1.29 is 9.90 Å². The normalized spacial score (nSPS) is 17.8. The molecule has 1 aliphatic carbocycles. The summed E-state index contributed by atoms with van der Waals surface area (Å²) >= 11 is 0. The van der Waals surface area contributed by atoms with E-state index in [4.69, 9.17) is 0 Å². The zero-order valence-corrected chi connectivity index (χ0v) is 9.22. The highest BCUT2D eigenvalue weighted by Crippen LogP contribution is 2.30. The molecule has 1 aromatic heterocycles. The maximum absolute atomic E-state index is 11.5. The van der Waals surface area contributed by atoms with E-state index in [0.717, 1.165) is 19.3 Å². The van der Waals surface area contributed by atoms with Crippen molar-refractivity contribution in [1.29, 1.82) is 0 Å². The lowest BCUT2D eigenvalue weighted by Gasteiger charge is -2.36. The fraction of sp³-hybridized carbons (Fsp3) is 0.636. The minimum absolute atomic E-state index is 0.0316. The first-order valence-electron chi connectivity index (χ1n) is 5.64. The molecule has 0 atom stereocenters. The van der Waals surface area contributed by atoms with Gasteiger partial charge in [0, 0.05) is 31.9 Å². The molecular weight excluding hydrogens is 206 g/mol. The number of hydrogen-bond donors (Lipinski definition) is 2. The molecule has 1 heterocycles. The quantitative estimate of drug-likeness (QED) is 0.754. The Morgan fingerprint density at radius 1 is 1.56 bits per heavy atom. The number of aryl methyl sites for hydroxylation is 1. The van der Waals surface area contributed by atoms with Gasteiger partial charge in [-0.25, -0.2) is 0 Å². The van der Waals surface area contributed by atoms with Crippen LogP contribution in [0.4, 0.5) is 0 Å². The lowest BCUT2D eigenvalue weighted by Crippen LogP contribution is -2.47. The highest BCUT2D eigenvalue weighted by Gasteiger charge is 2.34. The summed E-state index contributed by atoms with van der Waals surface area (Å²) in [6.07, 6.45) is 6.57. The molecule has 0 radical (unpaired) electrons. The van der Waals surface area contributed by atoms with Crippen molar-refractivity contribution in [2.45, 2.75) is 37.8 Å². The van der Waals surface area contributed by atoms with Crippen molar-refractivity contribution in [3.63, 3.8) is 0 Å². The van der Waals surface area contributed by atoms with Gasteiger partial charge in [0.25, 0.3) is 0 Å². The Labute approximate surface area is 94.5 Å². The maximum atomic E-state index is 11.5. The van der Waals surface area contributed by atoms with E-state index < -0.39 is 5.60 Å². The topological polar surface area (TPSA) is 67.2 Å². The number of aromatic nitrogens is 2. The van der Waals surface area contributed by atoms with Gasteiger partial charge in [-0.1, -0.05) is 0 Å². The third-order valence-electron chi connectivity index (χ3n) is 3.03. The maximum Gasteiger partial charge on any atom is 0.221 e. The van der Waals surface area contributed by atoms with Crippen LogP contribution in [0, 0.1) is 0 Å². The Hall–Kier alpha value is -1.36. The Morgan fingerprint density at radius 2 is 2.38 bits per heavy atom. The molecular formula is C11H17N3O2. The molecule has 88 valence electrons. The Bertz CT molecular complexity index is 344. The molecule has 16 heavy (non-hydrogen) atoms. The smallest absolute Gasteiger partial charge is 0.221 e. The summed E-state index contributed by atoms with van der Waals surface area (Å²) < 4.78 is 1.72. The molecule has 1 aliphatic rings. The number of aliphatic hydroxyl groups is 1. The van der Waals surface area contributed by atoms with Gasteiger partial charge in [0.2, 0.25) is 5.91 Å². The molecule has 1 amide bonds. The van der Waals surface area contributed by atoms with Gasteiger partial charge in [-0.05, 0) is 25.3 Å². The molecule has 0 saturated heterocycles. The highest BCUT2D eigenvalue weighted by atomic mass is 16.3. The third kappa shape index (κ3) is 2.82. The molecule has 0 spiro atoms. The minimum atomic E-state index is -0.638. The zero-order valence-electron chi connectivity index (χ0n) is 9.22. The van der Waals surface area contributed by atoms with Crippen molar-refractivity contribution in [1.82, 2.24) is 15.1 Å². The van der Waals surface area contributed by atoms with Gasteiger partial charge < -0.3 is 10.4 Å². The van der Waals surface area contributed by atoms with Crippen LogP contribution in [-0.2, 0) is 11.3 Å². The summed E-state index contributed by atoms with van der Waals surface area (Å²) in [7, 11) is 0. The van der Waals surface area contributed by atoms with E-state index in [-0.39, 0.29) is 5.91 Å². The lowest BCUT2D eigenvalue weighted by molar-refractivity contribution is -0.123. The van der Waals surface area contributed by atoms with Crippen molar-refractivity contribution in [2.75, 3.05) is 6.54 Å². The molecule has 0 bridgehead atoms. The standard InChI is InChI=1S/C11H17N3O2/c15-10(3-8-14-7-2-6-13-14)12-9-11(16)4-1-5-11/h2,6-7,16H,1,3-5,8-9H2,(H,12,15). The molecule has 0 aliphatic heterocycles. The van der Waals surface area contributed by atoms with E-state index in [0.29, 0.717) is 19.5 Å². The van der Waals surface area contributed by atoms with E-state index in [1.807, 2.05) is 12.3 Å². The number of hydrogen-bond acceptors (Lipinski definition) is 3. The molecule has 0 unspecified atom stereocenters. The average Bonchev–Trinajstić information content (AvgIpc) is 2.73. The van der Waals surface area contributed by atoms with Crippen LogP contribution in [0.15, 0.2) is 18.5 Å². The summed E-state index contributed by atoms with van der Waals surface area (Å²) in [6, 6.07) is 1.83. The number of carbonyl (C=O) groups excluding carboxylic acids is 1. The van der Waals surface area contributed by atoms with E-state index in [1.54, 1.807) is 10.9 Å². The van der Waals surface area contributed by atoms with E-state index >= 15 is 0 Å². The van der Waals surface area contributed by atoms with Crippen LogP contribution in [0.2, 0.25) is 0 Å². The molecule has 0 aromatic carbocycles. The van der Waals surface area contributed by atoms with E-state index in [2.05, 4.69) is 10.4 Å². The van der Waals surface area contributed by atoms with Crippen LogP contribution in [0.5, 0.6) is 0 Å². The molecule has 2 rings (SSSR count). The molecule has 1 saturated carbocycles. The van der Waals surface area contributed by atoms with Crippen molar-refractivity contribution in [3.05, 3.63) is 18.5 Å². The number of amides is 1. The van der Waals surface area contributed by atoms with Crippen LogP contribution in [0.25, 0.3) is 0 Å². The number of rotatable bonds is 5. The van der Waals surface area contributed by atoms with Gasteiger partial charge in [0.15, 0.2) is 0 Å². The van der Waals surface area contributed by atoms with Crippen molar-refractivity contribution in [2.24, 2.45) is 0 Å². The molecule has 5 heteroatoms. The van der Waals surface area contributed by atoms with E-state index in [9.17, 15) is 9.90 Å².